The normalized spacial score (nSPS) is 48.2. The molecule has 0 amide bonds. The van der Waals surface area contributed by atoms with Crippen LogP contribution in [0.2, 0.25) is 0 Å². The van der Waals surface area contributed by atoms with Gasteiger partial charge < -0.3 is 49.8 Å². The van der Waals surface area contributed by atoms with Crippen molar-refractivity contribution in [2.75, 3.05) is 6.61 Å². The van der Waals surface area contributed by atoms with Crippen molar-refractivity contribution < 1.29 is 91.9 Å². The Morgan fingerprint density at radius 3 is 2.30 bits per heavy atom. The molecule has 4 aliphatic carbocycles. The molecular formula is C32H51NaO13S. The van der Waals surface area contributed by atoms with Crippen LogP contribution in [-0.4, -0.2) is 116 Å². The van der Waals surface area contributed by atoms with Crippen LogP contribution >= 0.6 is 0 Å². The first-order valence-corrected chi connectivity index (χ1v) is 17.7. The third-order valence-corrected chi connectivity index (χ3v) is 12.6. The molecule has 1 saturated heterocycles. The molecule has 3 saturated carbocycles. The Balaban J connectivity index is 0.00000500. The second-order valence-electron chi connectivity index (χ2n) is 15.3. The summed E-state index contributed by atoms with van der Waals surface area (Å²) in [7, 11) is -5.29. The zero-order valence-corrected chi connectivity index (χ0v) is 30.9. The molecule has 4 fully saturated rings. The molecule has 5 rings (SSSR count). The molecule has 1 aliphatic heterocycles. The number of hydrogen-bond donors (Lipinski definition) is 7. The van der Waals surface area contributed by atoms with Gasteiger partial charge in [0.15, 0.2) is 6.29 Å². The number of fused-ring (bicyclic) bond motifs is 5. The van der Waals surface area contributed by atoms with Crippen LogP contribution in [-0.2, 0) is 24.1 Å². The van der Waals surface area contributed by atoms with E-state index < -0.39 is 99.7 Å². The van der Waals surface area contributed by atoms with Crippen LogP contribution in [0, 0.1) is 40.4 Å². The number of aliphatic hydroxyl groups is 7. The van der Waals surface area contributed by atoms with E-state index in [1.54, 1.807) is 18.2 Å². The summed E-state index contributed by atoms with van der Waals surface area (Å²) in [6.45, 7) is 9.15. The van der Waals surface area contributed by atoms with Crippen LogP contribution in [0.1, 0.15) is 66.7 Å². The maximum atomic E-state index is 12.7. The van der Waals surface area contributed by atoms with Crippen LogP contribution in [0.3, 0.4) is 0 Å². The Hall–Kier alpha value is -0.0100. The van der Waals surface area contributed by atoms with Crippen molar-refractivity contribution in [3.05, 3.63) is 23.8 Å². The van der Waals surface area contributed by atoms with Gasteiger partial charge in [0.1, 0.15) is 24.4 Å². The third kappa shape index (κ3) is 7.10. The van der Waals surface area contributed by atoms with Gasteiger partial charge in [0, 0.05) is 12.3 Å². The number of ether oxygens (including phenoxy) is 2. The largest absolute Gasteiger partial charge is 1.00 e. The predicted octanol–water partition coefficient (Wildman–Crippen LogP) is -2.89. The summed E-state index contributed by atoms with van der Waals surface area (Å²) in [5.41, 5.74) is -2.77. The van der Waals surface area contributed by atoms with E-state index in [1.165, 1.54) is 0 Å². The number of allylic oxidation sites excluding steroid dienone is 1. The molecule has 15 heteroatoms. The van der Waals surface area contributed by atoms with Crippen molar-refractivity contribution in [3.8, 4) is 0 Å². The van der Waals surface area contributed by atoms with Gasteiger partial charge in [-0.3, -0.25) is 4.18 Å². The first-order valence-electron chi connectivity index (χ1n) is 16.4. The summed E-state index contributed by atoms with van der Waals surface area (Å²) < 4.78 is 52.5. The van der Waals surface area contributed by atoms with E-state index in [-0.39, 0.29) is 54.4 Å². The van der Waals surface area contributed by atoms with E-state index in [1.807, 2.05) is 34.6 Å². The van der Waals surface area contributed by atoms with Gasteiger partial charge in [0.25, 0.3) is 0 Å². The zero-order chi connectivity index (χ0) is 34.1. The van der Waals surface area contributed by atoms with Gasteiger partial charge in [-0.2, -0.15) is 0 Å². The molecule has 0 bridgehead atoms. The van der Waals surface area contributed by atoms with Gasteiger partial charge in [-0.15, -0.1) is 0 Å². The van der Waals surface area contributed by atoms with E-state index >= 15 is 0 Å². The molecule has 7 N–H and O–H groups in total. The Morgan fingerprint density at radius 2 is 1.68 bits per heavy atom. The SMILES string of the molecule is CC(C)C(O)/C=C/[C@@H](C)[C@H]1[C@@H](O)[C@H](OS(=O)(=O)[O-])C2[C@]3(O)C[C@@H](O)C4=C[C@@H](OC5OCC(O)C(O)C5O)CC[C@]4(C)C3CC[C@@]21C.[Na+]. The molecule has 5 aliphatic rings. The van der Waals surface area contributed by atoms with Crippen molar-refractivity contribution >= 4 is 10.4 Å². The van der Waals surface area contributed by atoms with Gasteiger partial charge in [0.2, 0.25) is 10.4 Å². The summed E-state index contributed by atoms with van der Waals surface area (Å²) in [5, 5.41) is 76.6. The van der Waals surface area contributed by atoms with Crippen LogP contribution < -0.4 is 29.6 Å². The summed E-state index contributed by atoms with van der Waals surface area (Å²) in [6, 6.07) is 0. The van der Waals surface area contributed by atoms with Gasteiger partial charge in [0.05, 0.1) is 36.6 Å². The fraction of sp³-hybridized carbons (Fsp3) is 0.875. The number of aliphatic hydroxyl groups excluding tert-OH is 6. The number of rotatable bonds is 8. The fourth-order valence-electron chi connectivity index (χ4n) is 9.93. The third-order valence-electron chi connectivity index (χ3n) is 12.1. The zero-order valence-electron chi connectivity index (χ0n) is 28.0. The van der Waals surface area contributed by atoms with E-state index in [0.717, 1.165) is 0 Å². The first kappa shape index (κ1) is 39.8. The van der Waals surface area contributed by atoms with Gasteiger partial charge >= 0.3 is 29.6 Å². The summed E-state index contributed by atoms with van der Waals surface area (Å²) in [5.74, 6) is -2.59. The minimum Gasteiger partial charge on any atom is -0.726 e. The van der Waals surface area contributed by atoms with Crippen molar-refractivity contribution in [1.82, 2.24) is 0 Å². The van der Waals surface area contributed by atoms with Crippen molar-refractivity contribution in [3.63, 3.8) is 0 Å². The molecule has 16 atom stereocenters. The Bertz CT molecular complexity index is 1300. The molecular weight excluding hydrogens is 647 g/mol. The van der Waals surface area contributed by atoms with E-state index in [9.17, 15) is 48.7 Å². The molecule has 13 nitrogen and oxygen atoms in total. The Labute approximate surface area is 299 Å². The average molecular weight is 699 g/mol. The minimum atomic E-state index is -5.29. The van der Waals surface area contributed by atoms with Crippen molar-refractivity contribution in [2.24, 2.45) is 40.4 Å². The van der Waals surface area contributed by atoms with Crippen molar-refractivity contribution in [2.45, 2.75) is 127 Å². The molecule has 0 aromatic heterocycles. The van der Waals surface area contributed by atoms with Crippen LogP contribution in [0.5, 0.6) is 0 Å². The maximum Gasteiger partial charge on any atom is 1.00 e. The van der Waals surface area contributed by atoms with Gasteiger partial charge in [-0.05, 0) is 65.8 Å². The second kappa shape index (κ2) is 14.2. The van der Waals surface area contributed by atoms with E-state index in [2.05, 4.69) is 0 Å². The maximum absolute atomic E-state index is 12.7. The van der Waals surface area contributed by atoms with E-state index in [4.69, 9.17) is 13.7 Å². The molecule has 0 spiro atoms. The quantitative estimate of drug-likeness (QED) is 0.0586. The fourth-order valence-corrected chi connectivity index (χ4v) is 10.4. The standard InChI is InChI=1S/C32H52O13S.Na/c1-15(2)19(33)7-6-16(3)23-25(37)27(45-46(40,41)42)28-31(23,5)11-9-22-30(4)10-8-17(12-18(30)20(34)13-32(22,28)39)44-29-26(38)24(36)21(35)14-43-29;/h6-7,12,15-17,19-29,33-39H,8-11,13-14H2,1-5H3,(H,40,41,42);/q;+1/p-1/b7-6+;/t16-,17+,19?,20-,21?,22?,23+,24?,25-,26?,27+,28?,29?,30+,31-,32+;/m1./s1. The monoisotopic (exact) mass is 698 g/mol. The molecule has 47 heavy (non-hydrogen) atoms. The summed E-state index contributed by atoms with van der Waals surface area (Å²) in [6.07, 6.45) is -4.11. The minimum absolute atomic E-state index is 0. The Kier molecular flexibility index (Phi) is 12.0. The smallest absolute Gasteiger partial charge is 0.726 e. The van der Waals surface area contributed by atoms with Crippen LogP contribution in [0.4, 0.5) is 0 Å². The average Bonchev–Trinajstić information content (AvgIpc) is 3.17. The summed E-state index contributed by atoms with van der Waals surface area (Å²) >= 11 is 0. The molecule has 0 aromatic rings. The van der Waals surface area contributed by atoms with Crippen molar-refractivity contribution in [1.29, 1.82) is 0 Å². The molecule has 7 unspecified atom stereocenters. The summed E-state index contributed by atoms with van der Waals surface area (Å²) in [4.78, 5) is 0. The Morgan fingerprint density at radius 1 is 1.02 bits per heavy atom. The predicted molar refractivity (Wildman–Crippen MR) is 161 cm³/mol. The molecule has 1 heterocycles. The first-order chi connectivity index (χ1) is 21.2. The van der Waals surface area contributed by atoms with Gasteiger partial charge in [-0.25, -0.2) is 8.42 Å². The van der Waals surface area contributed by atoms with Crippen LogP contribution in [0.15, 0.2) is 23.8 Å². The topological polar surface area (TPSA) is 226 Å². The van der Waals surface area contributed by atoms with Crippen LogP contribution in [0.25, 0.3) is 0 Å². The molecule has 264 valence electrons. The molecule has 0 aromatic carbocycles. The van der Waals surface area contributed by atoms with Gasteiger partial charge in [-0.1, -0.05) is 52.8 Å². The molecule has 0 radical (unpaired) electrons. The van der Waals surface area contributed by atoms with E-state index in [0.29, 0.717) is 31.3 Å². The second-order valence-corrected chi connectivity index (χ2v) is 16.3. The number of hydrogen-bond acceptors (Lipinski definition) is 13.